The standard InChI is InChI=1S/C13H15N3OS/c1-8(9-5-6-9)14-12(17)7-10-3-2-4-11-13(10)16-18-15-11/h2-4,8-9H,5-7H2,1H3,(H,14,17)/t8-/m0/s1. The first kappa shape index (κ1) is 11.6. The molecule has 2 aromatic rings. The number of benzene rings is 1. The van der Waals surface area contributed by atoms with Crippen LogP contribution in [0.5, 0.6) is 0 Å². The molecule has 1 N–H and O–H groups in total. The van der Waals surface area contributed by atoms with Crippen molar-refractivity contribution in [2.75, 3.05) is 0 Å². The fourth-order valence-electron chi connectivity index (χ4n) is 2.20. The topological polar surface area (TPSA) is 54.9 Å². The maximum atomic E-state index is 12.0. The van der Waals surface area contributed by atoms with Crippen LogP contribution in [0.2, 0.25) is 0 Å². The van der Waals surface area contributed by atoms with E-state index >= 15 is 0 Å². The molecule has 1 aliphatic rings. The second-order valence-corrected chi connectivity index (χ2v) is 5.45. The monoisotopic (exact) mass is 261 g/mol. The van der Waals surface area contributed by atoms with Crippen LogP contribution in [0.4, 0.5) is 0 Å². The average Bonchev–Trinajstić information content (AvgIpc) is 3.08. The van der Waals surface area contributed by atoms with Gasteiger partial charge in [0.1, 0.15) is 11.0 Å². The van der Waals surface area contributed by atoms with Gasteiger partial charge in [0.15, 0.2) is 0 Å². The van der Waals surface area contributed by atoms with Crippen molar-refractivity contribution in [3.63, 3.8) is 0 Å². The van der Waals surface area contributed by atoms with Gasteiger partial charge in [0.05, 0.1) is 18.1 Å². The molecule has 1 aliphatic carbocycles. The molecule has 0 spiro atoms. The van der Waals surface area contributed by atoms with Crippen molar-refractivity contribution in [1.29, 1.82) is 0 Å². The van der Waals surface area contributed by atoms with Crippen molar-refractivity contribution in [3.8, 4) is 0 Å². The van der Waals surface area contributed by atoms with Crippen LogP contribution in [0.25, 0.3) is 11.0 Å². The SMILES string of the molecule is C[C@H](NC(=O)Cc1cccc2nsnc12)C1CC1. The maximum Gasteiger partial charge on any atom is 0.224 e. The van der Waals surface area contributed by atoms with E-state index < -0.39 is 0 Å². The largest absolute Gasteiger partial charge is 0.353 e. The second-order valence-electron chi connectivity index (χ2n) is 4.92. The van der Waals surface area contributed by atoms with E-state index in [1.807, 2.05) is 18.2 Å². The van der Waals surface area contributed by atoms with E-state index in [4.69, 9.17) is 0 Å². The molecule has 1 aromatic heterocycles. The smallest absolute Gasteiger partial charge is 0.224 e. The molecule has 0 unspecified atom stereocenters. The van der Waals surface area contributed by atoms with E-state index in [-0.39, 0.29) is 5.91 Å². The molecule has 1 saturated carbocycles. The van der Waals surface area contributed by atoms with Crippen LogP contribution < -0.4 is 5.32 Å². The van der Waals surface area contributed by atoms with Crippen LogP contribution in [-0.2, 0) is 11.2 Å². The molecular weight excluding hydrogens is 246 g/mol. The Morgan fingerprint density at radius 1 is 1.50 bits per heavy atom. The van der Waals surface area contributed by atoms with E-state index in [9.17, 15) is 4.79 Å². The number of carbonyl (C=O) groups excluding carboxylic acids is 1. The van der Waals surface area contributed by atoms with Crippen LogP contribution in [0.1, 0.15) is 25.3 Å². The summed E-state index contributed by atoms with van der Waals surface area (Å²) in [7, 11) is 0. The molecule has 1 atom stereocenters. The van der Waals surface area contributed by atoms with Crippen LogP contribution in [-0.4, -0.2) is 20.7 Å². The minimum Gasteiger partial charge on any atom is -0.353 e. The van der Waals surface area contributed by atoms with Crippen molar-refractivity contribution >= 4 is 28.7 Å². The number of amides is 1. The Labute approximate surface area is 110 Å². The summed E-state index contributed by atoms with van der Waals surface area (Å²) < 4.78 is 8.43. The van der Waals surface area contributed by atoms with Gasteiger partial charge < -0.3 is 5.32 Å². The lowest BCUT2D eigenvalue weighted by atomic mass is 10.1. The second kappa shape index (κ2) is 4.65. The molecule has 1 fully saturated rings. The summed E-state index contributed by atoms with van der Waals surface area (Å²) >= 11 is 1.19. The van der Waals surface area contributed by atoms with Gasteiger partial charge in [0.2, 0.25) is 5.91 Å². The van der Waals surface area contributed by atoms with Crippen LogP contribution >= 0.6 is 11.7 Å². The Hall–Kier alpha value is -1.49. The average molecular weight is 261 g/mol. The van der Waals surface area contributed by atoms with Gasteiger partial charge in [0, 0.05) is 6.04 Å². The molecule has 0 saturated heterocycles. The highest BCUT2D eigenvalue weighted by Crippen LogP contribution is 2.32. The molecular formula is C13H15N3OS. The summed E-state index contributed by atoms with van der Waals surface area (Å²) in [6, 6.07) is 6.10. The highest BCUT2D eigenvalue weighted by atomic mass is 32.1. The van der Waals surface area contributed by atoms with E-state index in [1.165, 1.54) is 24.6 Å². The molecule has 1 aromatic carbocycles. The van der Waals surface area contributed by atoms with Gasteiger partial charge in [-0.15, -0.1) is 0 Å². The zero-order valence-electron chi connectivity index (χ0n) is 10.2. The third-order valence-electron chi connectivity index (χ3n) is 3.44. The molecule has 1 amide bonds. The Kier molecular flexibility index (Phi) is 2.99. The lowest BCUT2D eigenvalue weighted by molar-refractivity contribution is -0.121. The summed E-state index contributed by atoms with van der Waals surface area (Å²) in [6.45, 7) is 2.08. The third-order valence-corrected chi connectivity index (χ3v) is 3.98. The van der Waals surface area contributed by atoms with Gasteiger partial charge in [-0.05, 0) is 37.3 Å². The summed E-state index contributed by atoms with van der Waals surface area (Å²) in [6.07, 6.45) is 2.87. The third kappa shape index (κ3) is 2.36. The van der Waals surface area contributed by atoms with E-state index in [1.54, 1.807) is 0 Å². The van der Waals surface area contributed by atoms with E-state index in [2.05, 4.69) is 21.0 Å². The normalized spacial score (nSPS) is 16.7. The maximum absolute atomic E-state index is 12.0. The molecule has 5 heteroatoms. The number of aromatic nitrogens is 2. The van der Waals surface area contributed by atoms with Gasteiger partial charge in [-0.1, -0.05) is 12.1 Å². The predicted octanol–water partition coefficient (Wildman–Crippen LogP) is 2.15. The quantitative estimate of drug-likeness (QED) is 0.917. The zero-order chi connectivity index (χ0) is 12.5. The highest BCUT2D eigenvalue weighted by molar-refractivity contribution is 7.00. The summed E-state index contributed by atoms with van der Waals surface area (Å²) in [4.78, 5) is 12.0. The minimum absolute atomic E-state index is 0.0786. The Bertz CT molecular complexity index is 576. The van der Waals surface area contributed by atoms with Gasteiger partial charge >= 0.3 is 0 Å². The molecule has 4 nitrogen and oxygen atoms in total. The van der Waals surface area contributed by atoms with Crippen molar-refractivity contribution in [3.05, 3.63) is 23.8 Å². The molecule has 18 heavy (non-hydrogen) atoms. The van der Waals surface area contributed by atoms with Crippen molar-refractivity contribution < 1.29 is 4.79 Å². The van der Waals surface area contributed by atoms with Gasteiger partial charge in [-0.25, -0.2) is 0 Å². The lowest BCUT2D eigenvalue weighted by Crippen LogP contribution is -2.35. The zero-order valence-corrected chi connectivity index (χ0v) is 11.0. The van der Waals surface area contributed by atoms with Crippen LogP contribution in [0, 0.1) is 5.92 Å². The number of carbonyl (C=O) groups is 1. The molecule has 0 bridgehead atoms. The fraction of sp³-hybridized carbons (Fsp3) is 0.462. The summed E-state index contributed by atoms with van der Waals surface area (Å²) in [5.41, 5.74) is 2.69. The Morgan fingerprint density at radius 3 is 3.11 bits per heavy atom. The number of rotatable bonds is 4. The van der Waals surface area contributed by atoms with E-state index in [0.717, 1.165) is 16.6 Å². The number of nitrogens with one attached hydrogen (secondary N) is 1. The first-order valence-corrected chi connectivity index (χ1v) is 6.96. The van der Waals surface area contributed by atoms with Gasteiger partial charge in [0.25, 0.3) is 0 Å². The fourth-order valence-corrected chi connectivity index (χ4v) is 2.77. The lowest BCUT2D eigenvalue weighted by Gasteiger charge is -2.12. The highest BCUT2D eigenvalue weighted by Gasteiger charge is 2.28. The first-order chi connectivity index (χ1) is 8.74. The molecule has 0 aliphatic heterocycles. The van der Waals surface area contributed by atoms with Gasteiger partial charge in [-0.2, -0.15) is 8.75 Å². The van der Waals surface area contributed by atoms with Crippen LogP contribution in [0.3, 0.4) is 0 Å². The molecule has 1 heterocycles. The van der Waals surface area contributed by atoms with Crippen LogP contribution in [0.15, 0.2) is 18.2 Å². The Balaban J connectivity index is 1.71. The minimum atomic E-state index is 0.0786. The molecule has 3 rings (SSSR count). The number of nitrogens with zero attached hydrogens (tertiary/aromatic N) is 2. The Morgan fingerprint density at radius 2 is 2.33 bits per heavy atom. The predicted molar refractivity (Wildman–Crippen MR) is 71.4 cm³/mol. The van der Waals surface area contributed by atoms with E-state index in [0.29, 0.717) is 18.4 Å². The van der Waals surface area contributed by atoms with Crippen molar-refractivity contribution in [2.45, 2.75) is 32.2 Å². The van der Waals surface area contributed by atoms with Crippen molar-refractivity contribution in [1.82, 2.24) is 14.1 Å². The summed E-state index contributed by atoms with van der Waals surface area (Å²) in [5.74, 6) is 0.764. The first-order valence-electron chi connectivity index (χ1n) is 6.23. The van der Waals surface area contributed by atoms with Gasteiger partial charge in [-0.3, -0.25) is 4.79 Å². The molecule has 94 valence electrons. The summed E-state index contributed by atoms with van der Waals surface area (Å²) in [5, 5.41) is 3.06. The number of fused-ring (bicyclic) bond motifs is 1. The number of hydrogen-bond donors (Lipinski definition) is 1. The molecule has 0 radical (unpaired) electrons. The van der Waals surface area contributed by atoms with Crippen molar-refractivity contribution in [2.24, 2.45) is 5.92 Å². The number of hydrogen-bond acceptors (Lipinski definition) is 4.